The van der Waals surface area contributed by atoms with Gasteiger partial charge in [-0.1, -0.05) is 30.6 Å². The summed E-state index contributed by atoms with van der Waals surface area (Å²) in [7, 11) is 0. The third kappa shape index (κ3) is 3.33. The van der Waals surface area contributed by atoms with Crippen molar-refractivity contribution in [3.63, 3.8) is 0 Å². The van der Waals surface area contributed by atoms with Gasteiger partial charge in [-0.15, -0.1) is 0 Å². The smallest absolute Gasteiger partial charge is 0.321 e. The maximum absolute atomic E-state index is 11.7. The third-order valence-corrected chi connectivity index (χ3v) is 3.90. The van der Waals surface area contributed by atoms with E-state index >= 15 is 0 Å². The molecule has 0 bridgehead atoms. The van der Waals surface area contributed by atoms with Gasteiger partial charge in [-0.05, 0) is 19.8 Å². The number of nitrogens with zero attached hydrogens (tertiary/aromatic N) is 1. The van der Waals surface area contributed by atoms with Crippen molar-refractivity contribution in [1.29, 1.82) is 0 Å². The number of rotatable bonds is 2. The number of carbonyl (C=O) groups is 1. The molecule has 0 spiro atoms. The fourth-order valence-electron chi connectivity index (χ4n) is 2.03. The summed E-state index contributed by atoms with van der Waals surface area (Å²) in [5, 5.41) is 6.91. The zero-order chi connectivity index (χ0) is 12.3. The molecule has 0 saturated heterocycles. The summed E-state index contributed by atoms with van der Waals surface area (Å²) in [6.07, 6.45) is 5.84. The minimum atomic E-state index is -0.175. The molecular weight excluding hydrogens is 236 g/mol. The molecule has 6 heteroatoms. The van der Waals surface area contributed by atoms with Crippen LogP contribution in [0.5, 0.6) is 0 Å². The SMILES string of the molecule is Cc1nc(NC(=O)NC2CCCCC2)sc1N. The van der Waals surface area contributed by atoms with Crippen LogP contribution >= 0.6 is 11.3 Å². The first kappa shape index (κ1) is 12.2. The second-order valence-corrected chi connectivity index (χ2v) is 5.43. The number of nitrogens with two attached hydrogens (primary N) is 1. The number of anilines is 2. The van der Waals surface area contributed by atoms with Crippen LogP contribution < -0.4 is 16.4 Å². The Balaban J connectivity index is 1.84. The van der Waals surface area contributed by atoms with E-state index in [1.54, 1.807) is 0 Å². The predicted molar refractivity (Wildman–Crippen MR) is 70.3 cm³/mol. The van der Waals surface area contributed by atoms with Crippen LogP contribution in [0, 0.1) is 6.92 Å². The van der Waals surface area contributed by atoms with Gasteiger partial charge in [-0.2, -0.15) is 0 Å². The van der Waals surface area contributed by atoms with Gasteiger partial charge < -0.3 is 11.1 Å². The Morgan fingerprint density at radius 1 is 1.41 bits per heavy atom. The average Bonchev–Trinajstić information content (AvgIpc) is 2.59. The van der Waals surface area contributed by atoms with Crippen LogP contribution in [0.4, 0.5) is 14.9 Å². The van der Waals surface area contributed by atoms with Crippen molar-refractivity contribution in [2.75, 3.05) is 11.1 Å². The summed E-state index contributed by atoms with van der Waals surface area (Å²) < 4.78 is 0. The van der Waals surface area contributed by atoms with Crippen LogP contribution in [-0.2, 0) is 0 Å². The molecular formula is C11H18N4OS. The summed E-state index contributed by atoms with van der Waals surface area (Å²) in [6.45, 7) is 1.83. The second kappa shape index (κ2) is 5.35. The minimum absolute atomic E-state index is 0.175. The first-order valence-corrected chi connectivity index (χ1v) is 6.77. The highest BCUT2D eigenvalue weighted by Gasteiger charge is 2.16. The van der Waals surface area contributed by atoms with E-state index in [2.05, 4.69) is 15.6 Å². The number of urea groups is 1. The molecule has 1 aromatic rings. The molecule has 1 aliphatic rings. The maximum Gasteiger partial charge on any atom is 0.321 e. The Labute approximate surface area is 105 Å². The van der Waals surface area contributed by atoms with E-state index in [9.17, 15) is 4.79 Å². The van der Waals surface area contributed by atoms with Crippen molar-refractivity contribution in [2.45, 2.75) is 45.1 Å². The molecule has 5 nitrogen and oxygen atoms in total. The quantitative estimate of drug-likeness (QED) is 0.758. The van der Waals surface area contributed by atoms with Crippen LogP contribution in [0.2, 0.25) is 0 Å². The molecule has 0 aliphatic heterocycles. The van der Waals surface area contributed by atoms with Crippen molar-refractivity contribution >= 4 is 27.5 Å². The summed E-state index contributed by atoms with van der Waals surface area (Å²) in [6, 6.07) is 0.132. The van der Waals surface area contributed by atoms with E-state index in [0.29, 0.717) is 16.2 Å². The molecule has 17 heavy (non-hydrogen) atoms. The minimum Gasteiger partial charge on any atom is -0.389 e. The van der Waals surface area contributed by atoms with Crippen LogP contribution in [0.1, 0.15) is 37.8 Å². The molecule has 1 saturated carbocycles. The van der Waals surface area contributed by atoms with E-state index in [1.807, 2.05) is 6.92 Å². The van der Waals surface area contributed by atoms with Gasteiger partial charge in [0.05, 0.1) is 5.69 Å². The van der Waals surface area contributed by atoms with Gasteiger partial charge in [0.25, 0.3) is 0 Å². The zero-order valence-electron chi connectivity index (χ0n) is 9.95. The van der Waals surface area contributed by atoms with Gasteiger partial charge in [0, 0.05) is 6.04 Å². The number of aromatic nitrogens is 1. The fraction of sp³-hybridized carbons (Fsp3) is 0.636. The average molecular weight is 254 g/mol. The van der Waals surface area contributed by atoms with Crippen molar-refractivity contribution in [3.05, 3.63) is 5.69 Å². The van der Waals surface area contributed by atoms with E-state index in [4.69, 9.17) is 5.73 Å². The molecule has 4 N–H and O–H groups in total. The van der Waals surface area contributed by atoms with Crippen LogP contribution in [0.25, 0.3) is 0 Å². The summed E-state index contributed by atoms with van der Waals surface area (Å²) in [4.78, 5) is 15.9. The molecule has 0 atom stereocenters. The van der Waals surface area contributed by atoms with Gasteiger partial charge in [-0.3, -0.25) is 5.32 Å². The maximum atomic E-state index is 11.7. The Morgan fingerprint density at radius 2 is 2.12 bits per heavy atom. The monoisotopic (exact) mass is 254 g/mol. The standard InChI is InChI=1S/C11H18N4OS/c1-7-9(12)17-11(13-7)15-10(16)14-8-5-3-2-4-6-8/h8H,2-6,12H2,1H3,(H2,13,14,15,16). The highest BCUT2D eigenvalue weighted by atomic mass is 32.1. The first-order valence-electron chi connectivity index (χ1n) is 5.95. The highest BCUT2D eigenvalue weighted by Crippen LogP contribution is 2.24. The molecule has 0 unspecified atom stereocenters. The number of thiazole rings is 1. The van der Waals surface area contributed by atoms with Gasteiger partial charge in [-0.25, -0.2) is 9.78 Å². The van der Waals surface area contributed by atoms with Crippen molar-refractivity contribution in [2.24, 2.45) is 0 Å². The van der Waals surface area contributed by atoms with Crippen molar-refractivity contribution < 1.29 is 4.79 Å². The number of nitrogens with one attached hydrogen (secondary N) is 2. The lowest BCUT2D eigenvalue weighted by molar-refractivity contribution is 0.244. The number of hydrogen-bond acceptors (Lipinski definition) is 4. The Morgan fingerprint density at radius 3 is 2.71 bits per heavy atom. The van der Waals surface area contributed by atoms with E-state index in [1.165, 1.54) is 30.6 Å². The van der Waals surface area contributed by atoms with E-state index in [-0.39, 0.29) is 6.03 Å². The topological polar surface area (TPSA) is 80.0 Å². The largest absolute Gasteiger partial charge is 0.389 e. The number of aryl methyl sites for hydroxylation is 1. The van der Waals surface area contributed by atoms with Gasteiger partial charge >= 0.3 is 6.03 Å². The molecule has 1 aliphatic carbocycles. The van der Waals surface area contributed by atoms with E-state index < -0.39 is 0 Å². The van der Waals surface area contributed by atoms with Crippen LogP contribution in [0.3, 0.4) is 0 Å². The zero-order valence-corrected chi connectivity index (χ0v) is 10.8. The summed E-state index contributed by atoms with van der Waals surface area (Å²) in [5.41, 5.74) is 6.45. The van der Waals surface area contributed by atoms with Crippen LogP contribution in [-0.4, -0.2) is 17.1 Å². The number of amides is 2. The summed E-state index contributed by atoms with van der Waals surface area (Å²) >= 11 is 1.30. The number of carbonyl (C=O) groups excluding carboxylic acids is 1. The Hall–Kier alpha value is -1.30. The lowest BCUT2D eigenvalue weighted by Crippen LogP contribution is -2.38. The predicted octanol–water partition coefficient (Wildman–Crippen LogP) is 2.49. The Kier molecular flexibility index (Phi) is 3.83. The molecule has 2 amide bonds. The molecule has 0 radical (unpaired) electrons. The van der Waals surface area contributed by atoms with E-state index in [0.717, 1.165) is 18.5 Å². The molecule has 0 aromatic carbocycles. The number of hydrogen-bond donors (Lipinski definition) is 3. The van der Waals surface area contributed by atoms with Crippen molar-refractivity contribution in [1.82, 2.24) is 10.3 Å². The van der Waals surface area contributed by atoms with Gasteiger partial charge in [0.1, 0.15) is 5.00 Å². The molecule has 2 rings (SSSR count). The fourth-order valence-corrected chi connectivity index (χ4v) is 2.76. The lowest BCUT2D eigenvalue weighted by Gasteiger charge is -2.22. The van der Waals surface area contributed by atoms with Gasteiger partial charge in [0.2, 0.25) is 0 Å². The molecule has 94 valence electrons. The highest BCUT2D eigenvalue weighted by molar-refractivity contribution is 7.19. The summed E-state index contributed by atoms with van der Waals surface area (Å²) in [5.74, 6) is 0. The molecule has 1 fully saturated rings. The lowest BCUT2D eigenvalue weighted by atomic mass is 9.96. The normalized spacial score (nSPS) is 16.8. The van der Waals surface area contributed by atoms with Crippen molar-refractivity contribution in [3.8, 4) is 0 Å². The second-order valence-electron chi connectivity index (χ2n) is 4.40. The molecule has 1 heterocycles. The molecule has 1 aromatic heterocycles. The Bertz CT molecular complexity index is 379. The van der Waals surface area contributed by atoms with Crippen LogP contribution in [0.15, 0.2) is 0 Å². The van der Waals surface area contributed by atoms with Gasteiger partial charge in [0.15, 0.2) is 5.13 Å². The number of nitrogen functional groups attached to an aromatic ring is 1. The third-order valence-electron chi connectivity index (χ3n) is 2.99. The first-order chi connectivity index (χ1) is 8.15.